The quantitative estimate of drug-likeness (QED) is 0.859. The van der Waals surface area contributed by atoms with Crippen LogP contribution in [0.2, 0.25) is 0 Å². The minimum Gasteiger partial charge on any atom is -0.374 e. The van der Waals surface area contributed by atoms with Crippen LogP contribution in [0, 0.1) is 0 Å². The van der Waals surface area contributed by atoms with E-state index < -0.39 is 0 Å². The van der Waals surface area contributed by atoms with Crippen LogP contribution in [-0.2, 0) is 11.3 Å². The van der Waals surface area contributed by atoms with Crippen molar-refractivity contribution in [1.82, 2.24) is 14.7 Å². The van der Waals surface area contributed by atoms with Crippen LogP contribution in [0.5, 0.6) is 0 Å². The van der Waals surface area contributed by atoms with E-state index in [1.165, 1.54) is 6.42 Å². The van der Waals surface area contributed by atoms with Crippen molar-refractivity contribution >= 4 is 15.9 Å². The number of ether oxygens (including phenoxy) is 1. The lowest BCUT2D eigenvalue weighted by molar-refractivity contribution is -0.0421. The van der Waals surface area contributed by atoms with E-state index in [2.05, 4.69) is 39.8 Å². The third kappa shape index (κ3) is 3.61. The first-order valence-corrected chi connectivity index (χ1v) is 8.27. The van der Waals surface area contributed by atoms with Crippen LogP contribution in [0.1, 0.15) is 38.4 Å². The molecule has 2 unspecified atom stereocenters. The van der Waals surface area contributed by atoms with Crippen LogP contribution in [0.3, 0.4) is 0 Å². The Morgan fingerprint density at radius 2 is 2.20 bits per heavy atom. The molecular weight excluding hydrogens is 320 g/mol. The van der Waals surface area contributed by atoms with Gasteiger partial charge in [-0.15, -0.1) is 0 Å². The van der Waals surface area contributed by atoms with E-state index in [4.69, 9.17) is 10.5 Å². The largest absolute Gasteiger partial charge is 0.374 e. The predicted octanol–water partition coefficient (Wildman–Crippen LogP) is 2.17. The number of nitrogens with two attached hydrogens (primary N) is 1. The summed E-state index contributed by atoms with van der Waals surface area (Å²) >= 11 is 3.57. The Morgan fingerprint density at radius 3 is 2.90 bits per heavy atom. The van der Waals surface area contributed by atoms with Gasteiger partial charge in [0, 0.05) is 19.6 Å². The molecular formula is C14H25BrN4O. The van der Waals surface area contributed by atoms with Gasteiger partial charge in [0.25, 0.3) is 0 Å². The summed E-state index contributed by atoms with van der Waals surface area (Å²) in [5.74, 6) is 0. The van der Waals surface area contributed by atoms with Crippen LogP contribution in [0.25, 0.3) is 0 Å². The minimum atomic E-state index is -0.141. The van der Waals surface area contributed by atoms with E-state index in [1.54, 1.807) is 0 Å². The summed E-state index contributed by atoms with van der Waals surface area (Å²) in [6, 6.07) is -0.141. The van der Waals surface area contributed by atoms with Gasteiger partial charge in [0.1, 0.15) is 0 Å². The summed E-state index contributed by atoms with van der Waals surface area (Å²) < 4.78 is 8.88. The molecule has 2 atom stereocenters. The van der Waals surface area contributed by atoms with Crippen molar-refractivity contribution in [3.8, 4) is 0 Å². The number of aromatic nitrogens is 2. The molecule has 1 saturated heterocycles. The van der Waals surface area contributed by atoms with Gasteiger partial charge < -0.3 is 10.5 Å². The van der Waals surface area contributed by atoms with E-state index in [9.17, 15) is 0 Å². The molecule has 1 aliphatic heterocycles. The van der Waals surface area contributed by atoms with Gasteiger partial charge in [-0.1, -0.05) is 13.8 Å². The molecule has 0 aromatic carbocycles. The fraction of sp³-hybridized carbons (Fsp3) is 0.786. The molecule has 1 aromatic heterocycles. The van der Waals surface area contributed by atoms with E-state index >= 15 is 0 Å². The number of halogens is 1. The molecule has 0 spiro atoms. The number of aryl methyl sites for hydroxylation is 1. The number of hydrogen-bond donors (Lipinski definition) is 1. The van der Waals surface area contributed by atoms with Crippen LogP contribution in [0.15, 0.2) is 10.7 Å². The van der Waals surface area contributed by atoms with Crippen molar-refractivity contribution in [3.05, 3.63) is 16.4 Å². The van der Waals surface area contributed by atoms with E-state index in [-0.39, 0.29) is 12.1 Å². The van der Waals surface area contributed by atoms with Crippen LogP contribution >= 0.6 is 15.9 Å². The topological polar surface area (TPSA) is 56.3 Å². The molecule has 0 radical (unpaired) electrons. The summed E-state index contributed by atoms with van der Waals surface area (Å²) in [7, 11) is 0. The van der Waals surface area contributed by atoms with Gasteiger partial charge in [-0.05, 0) is 35.3 Å². The summed E-state index contributed by atoms with van der Waals surface area (Å²) in [6.45, 7) is 9.02. The SMILES string of the molecule is CCCN1CCOC(C(N)c2c(Br)cnn2CCC)C1. The maximum absolute atomic E-state index is 6.46. The maximum Gasteiger partial charge on any atom is 0.0910 e. The number of rotatable bonds is 6. The van der Waals surface area contributed by atoms with Gasteiger partial charge >= 0.3 is 0 Å². The van der Waals surface area contributed by atoms with Crippen LogP contribution in [0.4, 0.5) is 0 Å². The van der Waals surface area contributed by atoms with Crippen molar-refractivity contribution in [1.29, 1.82) is 0 Å². The van der Waals surface area contributed by atoms with Gasteiger partial charge in [0.2, 0.25) is 0 Å². The molecule has 6 heteroatoms. The Balaban J connectivity index is 2.10. The zero-order valence-corrected chi connectivity index (χ0v) is 14.0. The van der Waals surface area contributed by atoms with Crippen molar-refractivity contribution in [2.45, 2.75) is 45.4 Å². The highest BCUT2D eigenvalue weighted by Crippen LogP contribution is 2.27. The highest BCUT2D eigenvalue weighted by molar-refractivity contribution is 9.10. The molecule has 2 rings (SSSR count). The minimum absolute atomic E-state index is 0.0407. The monoisotopic (exact) mass is 344 g/mol. The van der Waals surface area contributed by atoms with Gasteiger partial charge in [-0.2, -0.15) is 5.10 Å². The molecule has 0 saturated carbocycles. The first-order chi connectivity index (χ1) is 9.67. The Labute approximate surface area is 129 Å². The molecule has 114 valence electrons. The van der Waals surface area contributed by atoms with Crippen LogP contribution < -0.4 is 5.73 Å². The number of hydrogen-bond acceptors (Lipinski definition) is 4. The average Bonchev–Trinajstić information content (AvgIpc) is 2.80. The first-order valence-electron chi connectivity index (χ1n) is 7.48. The lowest BCUT2D eigenvalue weighted by atomic mass is 10.1. The molecule has 2 N–H and O–H groups in total. The summed E-state index contributed by atoms with van der Waals surface area (Å²) in [4.78, 5) is 2.43. The molecule has 5 nitrogen and oxygen atoms in total. The van der Waals surface area contributed by atoms with Crippen LogP contribution in [-0.4, -0.2) is 47.0 Å². The molecule has 0 amide bonds. The third-order valence-electron chi connectivity index (χ3n) is 3.70. The summed E-state index contributed by atoms with van der Waals surface area (Å²) in [5, 5.41) is 4.40. The summed E-state index contributed by atoms with van der Waals surface area (Å²) in [5.41, 5.74) is 7.51. The van der Waals surface area contributed by atoms with Crippen molar-refractivity contribution in [2.75, 3.05) is 26.2 Å². The molecule has 1 aromatic rings. The smallest absolute Gasteiger partial charge is 0.0910 e. The van der Waals surface area contributed by atoms with E-state index in [0.717, 1.165) is 49.4 Å². The molecule has 20 heavy (non-hydrogen) atoms. The zero-order valence-electron chi connectivity index (χ0n) is 12.4. The second-order valence-corrected chi connectivity index (χ2v) is 6.19. The Hall–Kier alpha value is -0.430. The fourth-order valence-electron chi connectivity index (χ4n) is 2.74. The fourth-order valence-corrected chi connectivity index (χ4v) is 3.30. The lowest BCUT2D eigenvalue weighted by Crippen LogP contribution is -2.47. The Bertz CT molecular complexity index is 421. The lowest BCUT2D eigenvalue weighted by Gasteiger charge is -2.35. The number of nitrogens with zero attached hydrogens (tertiary/aromatic N) is 3. The highest BCUT2D eigenvalue weighted by Gasteiger charge is 2.30. The zero-order chi connectivity index (χ0) is 14.5. The highest BCUT2D eigenvalue weighted by atomic mass is 79.9. The van der Waals surface area contributed by atoms with Crippen molar-refractivity contribution in [2.24, 2.45) is 5.73 Å². The van der Waals surface area contributed by atoms with Crippen molar-refractivity contribution < 1.29 is 4.74 Å². The second kappa shape index (κ2) is 7.54. The predicted molar refractivity (Wildman–Crippen MR) is 83.6 cm³/mol. The standard InChI is InChI=1S/C14H25BrN4O/c1-3-5-18-7-8-20-12(10-18)13(16)14-11(15)9-17-19(14)6-4-2/h9,12-13H,3-8,10,16H2,1-2H3. The maximum atomic E-state index is 6.46. The van der Waals surface area contributed by atoms with Gasteiger partial charge in [-0.3, -0.25) is 9.58 Å². The van der Waals surface area contributed by atoms with Gasteiger partial charge in [0.05, 0.1) is 35.1 Å². The average molecular weight is 345 g/mol. The molecule has 0 bridgehead atoms. The molecule has 0 aliphatic carbocycles. The van der Waals surface area contributed by atoms with Crippen molar-refractivity contribution in [3.63, 3.8) is 0 Å². The third-order valence-corrected chi connectivity index (χ3v) is 4.31. The second-order valence-electron chi connectivity index (χ2n) is 5.34. The number of morpholine rings is 1. The molecule has 1 aliphatic rings. The Morgan fingerprint density at radius 1 is 1.45 bits per heavy atom. The summed E-state index contributed by atoms with van der Waals surface area (Å²) in [6.07, 6.45) is 4.08. The Kier molecular flexibility index (Phi) is 6.01. The van der Waals surface area contributed by atoms with Gasteiger partial charge in [0.15, 0.2) is 0 Å². The van der Waals surface area contributed by atoms with E-state index in [0.29, 0.717) is 0 Å². The molecule has 2 heterocycles. The molecule has 1 fully saturated rings. The van der Waals surface area contributed by atoms with Gasteiger partial charge in [-0.25, -0.2) is 0 Å². The normalized spacial score (nSPS) is 22.1. The van der Waals surface area contributed by atoms with E-state index in [1.807, 2.05) is 10.9 Å². The first kappa shape index (κ1) is 15.9.